The van der Waals surface area contributed by atoms with Crippen LogP contribution in [0.15, 0.2) is 72.0 Å². The Bertz CT molecular complexity index is 1300. The van der Waals surface area contributed by atoms with E-state index in [1.807, 2.05) is 72.2 Å². The minimum Gasteiger partial charge on any atom is -0.307 e. The Labute approximate surface area is 159 Å². The molecule has 4 aromatic heterocycles. The van der Waals surface area contributed by atoms with Gasteiger partial charge in [-0.1, -0.05) is 36.4 Å². The Morgan fingerprint density at radius 2 is 1.89 bits per heavy atom. The average molecular weight is 372 g/mol. The average Bonchev–Trinajstić information content (AvgIpc) is 3.25. The fourth-order valence-corrected chi connectivity index (χ4v) is 4.44. The minimum atomic E-state index is -0.0275. The lowest BCUT2D eigenvalue weighted by Crippen LogP contribution is -2.21. The fraction of sp³-hybridized carbons (Fsp3) is 0.0952. The van der Waals surface area contributed by atoms with Crippen LogP contribution < -0.4 is 5.56 Å². The molecule has 0 aliphatic heterocycles. The second-order valence-corrected chi connectivity index (χ2v) is 7.66. The number of hydrogen-bond donors (Lipinski definition) is 0. The lowest BCUT2D eigenvalue weighted by atomic mass is 10.0. The number of nitrogens with zero attached hydrogens (tertiary/aromatic N) is 4. The number of benzene rings is 1. The summed E-state index contributed by atoms with van der Waals surface area (Å²) in [5.74, 6) is 0. The van der Waals surface area contributed by atoms with Gasteiger partial charge in [-0.15, -0.1) is 11.3 Å². The number of fused-ring (bicyclic) bond motifs is 2. The van der Waals surface area contributed by atoms with Gasteiger partial charge in [0, 0.05) is 22.8 Å². The molecule has 1 aromatic carbocycles. The maximum Gasteiger partial charge on any atom is 0.263 e. The summed E-state index contributed by atoms with van der Waals surface area (Å²) >= 11 is 1.56. The standard InChI is InChI=1S/C21H16N4OS/c1-14-18(15-7-3-2-4-8-15)19-20(27-14)22-13-25(21(19)26)12-16-11-24-10-6-5-9-17(24)23-16/h2-11,13H,12H2,1H3. The largest absolute Gasteiger partial charge is 0.307 e. The molecule has 5 rings (SSSR count). The summed E-state index contributed by atoms with van der Waals surface area (Å²) in [6, 6.07) is 15.9. The van der Waals surface area contributed by atoms with Crippen LogP contribution in [0.5, 0.6) is 0 Å². The summed E-state index contributed by atoms with van der Waals surface area (Å²) in [4.78, 5) is 24.3. The Balaban J connectivity index is 1.66. The minimum absolute atomic E-state index is 0.0275. The molecule has 0 N–H and O–H groups in total. The predicted octanol–water partition coefficient (Wildman–Crippen LogP) is 4.13. The molecule has 0 spiro atoms. The van der Waals surface area contributed by atoms with Gasteiger partial charge in [0.05, 0.1) is 24.0 Å². The van der Waals surface area contributed by atoms with Gasteiger partial charge < -0.3 is 4.40 Å². The van der Waals surface area contributed by atoms with Crippen LogP contribution in [-0.2, 0) is 6.54 Å². The van der Waals surface area contributed by atoms with Gasteiger partial charge in [0.15, 0.2) is 0 Å². The van der Waals surface area contributed by atoms with Crippen LogP contribution in [0.2, 0.25) is 0 Å². The highest BCUT2D eigenvalue weighted by atomic mass is 32.1. The molecular formula is C21H16N4OS. The van der Waals surface area contributed by atoms with Crippen molar-refractivity contribution >= 4 is 27.2 Å². The Hall–Kier alpha value is -3.25. The first kappa shape index (κ1) is 16.0. The number of aromatic nitrogens is 4. The second-order valence-electron chi connectivity index (χ2n) is 6.46. The van der Waals surface area contributed by atoms with E-state index in [-0.39, 0.29) is 5.56 Å². The maximum atomic E-state index is 13.3. The molecule has 27 heavy (non-hydrogen) atoms. The van der Waals surface area contributed by atoms with Crippen LogP contribution in [0.4, 0.5) is 0 Å². The SMILES string of the molecule is Cc1sc2ncn(Cc3cn4ccccc4n3)c(=O)c2c1-c1ccccc1. The molecule has 0 atom stereocenters. The van der Waals surface area contributed by atoms with Crippen LogP contribution in [-0.4, -0.2) is 18.9 Å². The van der Waals surface area contributed by atoms with Crippen LogP contribution in [0.1, 0.15) is 10.6 Å². The molecule has 0 saturated heterocycles. The van der Waals surface area contributed by atoms with Gasteiger partial charge in [-0.3, -0.25) is 9.36 Å². The van der Waals surface area contributed by atoms with E-state index < -0.39 is 0 Å². The van der Waals surface area contributed by atoms with Crippen LogP contribution >= 0.6 is 11.3 Å². The molecule has 0 aliphatic rings. The van der Waals surface area contributed by atoms with E-state index in [0.29, 0.717) is 11.9 Å². The van der Waals surface area contributed by atoms with E-state index >= 15 is 0 Å². The van der Waals surface area contributed by atoms with Crippen molar-refractivity contribution in [1.82, 2.24) is 18.9 Å². The Morgan fingerprint density at radius 3 is 2.70 bits per heavy atom. The molecule has 4 heterocycles. The van der Waals surface area contributed by atoms with Gasteiger partial charge >= 0.3 is 0 Å². The van der Waals surface area contributed by atoms with Crippen molar-refractivity contribution in [2.45, 2.75) is 13.5 Å². The number of hydrogen-bond acceptors (Lipinski definition) is 4. The summed E-state index contributed by atoms with van der Waals surface area (Å²) < 4.78 is 3.60. The highest BCUT2D eigenvalue weighted by molar-refractivity contribution is 7.19. The highest BCUT2D eigenvalue weighted by Crippen LogP contribution is 2.35. The van der Waals surface area contributed by atoms with Crippen LogP contribution in [0, 0.1) is 6.92 Å². The molecule has 0 saturated carbocycles. The van der Waals surface area contributed by atoms with E-state index in [9.17, 15) is 4.79 Å². The molecule has 6 heteroatoms. The zero-order valence-electron chi connectivity index (χ0n) is 14.7. The third kappa shape index (κ3) is 2.65. The molecule has 0 fully saturated rings. The first-order valence-corrected chi connectivity index (χ1v) is 9.49. The van der Waals surface area contributed by atoms with Gasteiger partial charge in [-0.2, -0.15) is 0 Å². The third-order valence-electron chi connectivity index (χ3n) is 4.66. The summed E-state index contributed by atoms with van der Waals surface area (Å²) in [5, 5.41) is 0.690. The van der Waals surface area contributed by atoms with Crippen LogP contribution in [0.3, 0.4) is 0 Å². The fourth-order valence-electron chi connectivity index (χ4n) is 3.44. The number of thiophene rings is 1. The molecule has 132 valence electrons. The van der Waals surface area contributed by atoms with Crippen molar-refractivity contribution in [1.29, 1.82) is 0 Å². The Morgan fingerprint density at radius 1 is 1.07 bits per heavy atom. The molecule has 5 aromatic rings. The van der Waals surface area contributed by atoms with Crippen molar-refractivity contribution in [3.8, 4) is 11.1 Å². The number of rotatable bonds is 3. The summed E-state index contributed by atoms with van der Waals surface area (Å²) in [5.41, 5.74) is 3.70. The zero-order chi connectivity index (χ0) is 18.4. The molecule has 5 nitrogen and oxygen atoms in total. The predicted molar refractivity (Wildman–Crippen MR) is 108 cm³/mol. The third-order valence-corrected chi connectivity index (χ3v) is 5.68. The van der Waals surface area contributed by atoms with E-state index in [0.717, 1.165) is 32.2 Å². The van der Waals surface area contributed by atoms with E-state index in [1.165, 1.54) is 0 Å². The summed E-state index contributed by atoms with van der Waals surface area (Å²) in [7, 11) is 0. The molecular weight excluding hydrogens is 356 g/mol. The van der Waals surface area contributed by atoms with E-state index in [2.05, 4.69) is 9.97 Å². The van der Waals surface area contributed by atoms with Gasteiger partial charge in [0.2, 0.25) is 0 Å². The van der Waals surface area contributed by atoms with Crippen molar-refractivity contribution < 1.29 is 0 Å². The lowest BCUT2D eigenvalue weighted by Gasteiger charge is -2.05. The highest BCUT2D eigenvalue weighted by Gasteiger charge is 2.17. The number of aryl methyl sites for hydroxylation is 1. The molecule has 0 radical (unpaired) electrons. The topological polar surface area (TPSA) is 52.2 Å². The van der Waals surface area contributed by atoms with E-state index in [1.54, 1.807) is 22.2 Å². The molecule has 0 amide bonds. The molecule has 0 bridgehead atoms. The van der Waals surface area contributed by atoms with Gasteiger partial charge in [-0.25, -0.2) is 9.97 Å². The summed E-state index contributed by atoms with van der Waals surface area (Å²) in [6.45, 7) is 2.44. The summed E-state index contributed by atoms with van der Waals surface area (Å²) in [6.07, 6.45) is 5.52. The van der Waals surface area contributed by atoms with Gasteiger partial charge in [0.25, 0.3) is 5.56 Å². The van der Waals surface area contributed by atoms with Gasteiger partial charge in [0.1, 0.15) is 10.5 Å². The van der Waals surface area contributed by atoms with Gasteiger partial charge in [-0.05, 0) is 24.6 Å². The second kappa shape index (κ2) is 6.17. The van der Waals surface area contributed by atoms with Crippen molar-refractivity contribution in [2.75, 3.05) is 0 Å². The molecule has 0 unspecified atom stereocenters. The zero-order valence-corrected chi connectivity index (χ0v) is 15.5. The quantitative estimate of drug-likeness (QED) is 0.478. The first-order valence-electron chi connectivity index (χ1n) is 8.67. The Kier molecular flexibility index (Phi) is 3.65. The normalized spacial score (nSPS) is 11.4. The first-order chi connectivity index (χ1) is 13.2. The molecule has 0 aliphatic carbocycles. The maximum absolute atomic E-state index is 13.3. The monoisotopic (exact) mass is 372 g/mol. The smallest absolute Gasteiger partial charge is 0.263 e. The van der Waals surface area contributed by atoms with Crippen LogP contribution in [0.25, 0.3) is 27.0 Å². The van der Waals surface area contributed by atoms with Crippen molar-refractivity contribution in [2.24, 2.45) is 0 Å². The number of imidazole rings is 1. The lowest BCUT2D eigenvalue weighted by molar-refractivity contribution is 0.735. The van der Waals surface area contributed by atoms with Crippen molar-refractivity contribution in [3.63, 3.8) is 0 Å². The van der Waals surface area contributed by atoms with Crippen molar-refractivity contribution in [3.05, 3.63) is 88.2 Å². The number of pyridine rings is 1. The van der Waals surface area contributed by atoms with E-state index in [4.69, 9.17) is 0 Å².